The van der Waals surface area contributed by atoms with Gasteiger partial charge < -0.3 is 29.0 Å². The smallest absolute Gasteiger partial charge is 0.231 e. The molecule has 2 aromatic heterocycles. The maximum atomic E-state index is 5.89. The number of nitrogens with one attached hydrogen (secondary N) is 1. The molecular weight excluding hydrogens is 412 g/mol. The lowest BCUT2D eigenvalue weighted by atomic mass is 10.2. The van der Waals surface area contributed by atoms with Crippen molar-refractivity contribution in [2.24, 2.45) is 0 Å². The van der Waals surface area contributed by atoms with E-state index < -0.39 is 0 Å². The Morgan fingerprint density at radius 2 is 1.84 bits per heavy atom. The molecule has 9 nitrogen and oxygen atoms in total. The van der Waals surface area contributed by atoms with E-state index in [0.29, 0.717) is 47.5 Å². The van der Waals surface area contributed by atoms with Gasteiger partial charge in [-0.15, -0.1) is 0 Å². The molecule has 162 valence electrons. The fraction of sp³-hybridized carbons (Fsp3) is 0.174. The first-order valence-corrected chi connectivity index (χ1v) is 9.96. The van der Waals surface area contributed by atoms with Crippen LogP contribution in [0.15, 0.2) is 61.2 Å². The topological polar surface area (TPSA) is 96.9 Å². The number of hydrogen-bond donors (Lipinski definition) is 1. The molecule has 0 amide bonds. The minimum absolute atomic E-state index is 0.192. The third-order valence-electron chi connectivity index (χ3n) is 4.83. The summed E-state index contributed by atoms with van der Waals surface area (Å²) in [6, 6.07) is 12.9. The quantitative estimate of drug-likeness (QED) is 0.415. The molecular formula is C23H20N4O5. The maximum absolute atomic E-state index is 5.89. The summed E-state index contributed by atoms with van der Waals surface area (Å²) in [5.41, 5.74) is 1.46. The van der Waals surface area contributed by atoms with Gasteiger partial charge in [0, 0.05) is 23.8 Å². The molecule has 0 saturated carbocycles. The number of benzene rings is 2. The second-order valence-electron chi connectivity index (χ2n) is 6.79. The van der Waals surface area contributed by atoms with Crippen LogP contribution in [0, 0.1) is 0 Å². The van der Waals surface area contributed by atoms with Gasteiger partial charge in [0.15, 0.2) is 23.0 Å². The van der Waals surface area contributed by atoms with E-state index in [1.807, 2.05) is 30.3 Å². The highest BCUT2D eigenvalue weighted by Gasteiger charge is 2.19. The Labute approximate surface area is 183 Å². The number of nitrogens with zero attached hydrogens (tertiary/aromatic N) is 3. The summed E-state index contributed by atoms with van der Waals surface area (Å²) in [7, 11) is 1.59. The van der Waals surface area contributed by atoms with Crippen molar-refractivity contribution in [1.82, 2.24) is 15.0 Å². The van der Waals surface area contributed by atoms with Gasteiger partial charge in [-0.05, 0) is 30.3 Å². The predicted octanol–water partition coefficient (Wildman–Crippen LogP) is 3.96. The average Bonchev–Trinajstić information content (AvgIpc) is 3.32. The normalized spacial score (nSPS) is 11.9. The van der Waals surface area contributed by atoms with Gasteiger partial charge in [0.05, 0.1) is 18.3 Å². The first-order chi connectivity index (χ1) is 15.8. The molecule has 0 saturated heterocycles. The van der Waals surface area contributed by atoms with Gasteiger partial charge in [0.25, 0.3) is 0 Å². The lowest BCUT2D eigenvalue weighted by Crippen LogP contribution is -2.09. The minimum atomic E-state index is 0.192. The average molecular weight is 432 g/mol. The molecule has 0 spiro atoms. The molecule has 32 heavy (non-hydrogen) atoms. The number of anilines is 2. The van der Waals surface area contributed by atoms with Crippen LogP contribution in [0.25, 0.3) is 10.9 Å². The van der Waals surface area contributed by atoms with E-state index in [1.165, 1.54) is 6.33 Å². The van der Waals surface area contributed by atoms with E-state index in [2.05, 4.69) is 20.3 Å². The highest BCUT2D eigenvalue weighted by atomic mass is 16.7. The molecule has 4 aromatic rings. The van der Waals surface area contributed by atoms with Crippen LogP contribution in [0.2, 0.25) is 0 Å². The van der Waals surface area contributed by atoms with Crippen LogP contribution < -0.4 is 29.0 Å². The second kappa shape index (κ2) is 8.84. The Kier molecular flexibility index (Phi) is 5.44. The van der Waals surface area contributed by atoms with Crippen molar-refractivity contribution < 1.29 is 23.7 Å². The van der Waals surface area contributed by atoms with Crippen LogP contribution in [0.3, 0.4) is 0 Å². The summed E-state index contributed by atoms with van der Waals surface area (Å²) in [5, 5.41) is 4.09. The molecule has 0 bridgehead atoms. The van der Waals surface area contributed by atoms with Crippen LogP contribution in [0.5, 0.6) is 28.7 Å². The number of ether oxygens (including phenoxy) is 5. The van der Waals surface area contributed by atoms with Gasteiger partial charge in [0.1, 0.15) is 31.1 Å². The SMILES string of the molecule is COc1cc2c(Nc3cccc4c3OCO4)ncnc2cc1OCCOc1ccncc1. The van der Waals surface area contributed by atoms with Gasteiger partial charge >= 0.3 is 0 Å². The number of fused-ring (bicyclic) bond motifs is 2. The van der Waals surface area contributed by atoms with Gasteiger partial charge in [-0.3, -0.25) is 4.98 Å². The molecule has 2 aromatic carbocycles. The summed E-state index contributed by atoms with van der Waals surface area (Å²) < 4.78 is 28.1. The van der Waals surface area contributed by atoms with Crippen molar-refractivity contribution in [3.8, 4) is 28.7 Å². The number of pyridine rings is 1. The molecule has 1 N–H and O–H groups in total. The van der Waals surface area contributed by atoms with Crippen molar-refractivity contribution >= 4 is 22.4 Å². The Hall–Kier alpha value is -4.27. The van der Waals surface area contributed by atoms with Crippen LogP contribution in [-0.4, -0.2) is 42.1 Å². The Bertz CT molecular complexity index is 1240. The van der Waals surface area contributed by atoms with Gasteiger partial charge in [-0.25, -0.2) is 9.97 Å². The fourth-order valence-corrected chi connectivity index (χ4v) is 3.34. The molecule has 0 atom stereocenters. The molecule has 1 aliphatic heterocycles. The minimum Gasteiger partial charge on any atom is -0.493 e. The molecule has 0 unspecified atom stereocenters. The van der Waals surface area contributed by atoms with E-state index in [0.717, 1.165) is 16.8 Å². The Morgan fingerprint density at radius 3 is 2.72 bits per heavy atom. The van der Waals surface area contributed by atoms with E-state index in [9.17, 15) is 0 Å². The first kappa shape index (κ1) is 19.7. The van der Waals surface area contributed by atoms with Crippen molar-refractivity contribution in [2.75, 3.05) is 32.4 Å². The Morgan fingerprint density at radius 1 is 0.969 bits per heavy atom. The largest absolute Gasteiger partial charge is 0.493 e. The molecule has 0 aliphatic carbocycles. The lowest BCUT2D eigenvalue weighted by molar-refractivity contribution is 0.174. The second-order valence-corrected chi connectivity index (χ2v) is 6.79. The van der Waals surface area contributed by atoms with Crippen molar-refractivity contribution in [2.45, 2.75) is 0 Å². The number of methoxy groups -OCH3 is 1. The number of hydrogen-bond acceptors (Lipinski definition) is 9. The van der Waals surface area contributed by atoms with Crippen LogP contribution in [-0.2, 0) is 0 Å². The monoisotopic (exact) mass is 432 g/mol. The zero-order chi connectivity index (χ0) is 21.8. The highest BCUT2D eigenvalue weighted by molar-refractivity contribution is 5.93. The van der Waals surface area contributed by atoms with Crippen molar-refractivity contribution in [3.05, 3.63) is 61.2 Å². The predicted molar refractivity (Wildman–Crippen MR) is 117 cm³/mol. The summed E-state index contributed by atoms with van der Waals surface area (Å²) in [5.74, 6) is 3.83. The molecule has 3 heterocycles. The van der Waals surface area contributed by atoms with Gasteiger partial charge in [-0.1, -0.05) is 6.07 Å². The van der Waals surface area contributed by atoms with Gasteiger partial charge in [-0.2, -0.15) is 0 Å². The maximum Gasteiger partial charge on any atom is 0.231 e. The van der Waals surface area contributed by atoms with Crippen molar-refractivity contribution in [1.29, 1.82) is 0 Å². The van der Waals surface area contributed by atoms with Crippen molar-refractivity contribution in [3.63, 3.8) is 0 Å². The number of rotatable bonds is 8. The standard InChI is InChI=1S/C23H20N4O5/c1-28-20-11-16-18(12-21(20)30-10-9-29-15-5-7-24-8-6-15)25-13-26-23(16)27-17-3-2-4-19-22(17)32-14-31-19/h2-8,11-13H,9-10,14H2,1H3,(H,25,26,27). The van der Waals surface area contributed by atoms with E-state index in [4.69, 9.17) is 23.7 Å². The first-order valence-electron chi connectivity index (χ1n) is 9.96. The van der Waals surface area contributed by atoms with Crippen LogP contribution >= 0.6 is 0 Å². The molecule has 0 fully saturated rings. The fourth-order valence-electron chi connectivity index (χ4n) is 3.34. The molecule has 1 aliphatic rings. The van der Waals surface area contributed by atoms with E-state index >= 15 is 0 Å². The summed E-state index contributed by atoms with van der Waals surface area (Å²) in [4.78, 5) is 12.8. The molecule has 0 radical (unpaired) electrons. The van der Waals surface area contributed by atoms with Crippen LogP contribution in [0.1, 0.15) is 0 Å². The number of aromatic nitrogens is 3. The molecule has 5 rings (SSSR count). The third kappa shape index (κ3) is 4.00. The van der Waals surface area contributed by atoms with Crippen LogP contribution in [0.4, 0.5) is 11.5 Å². The number of para-hydroxylation sites is 1. The zero-order valence-corrected chi connectivity index (χ0v) is 17.3. The molecule has 9 heteroatoms. The summed E-state index contributed by atoms with van der Waals surface area (Å²) >= 11 is 0. The van der Waals surface area contributed by atoms with Gasteiger partial charge in [0.2, 0.25) is 6.79 Å². The lowest BCUT2D eigenvalue weighted by Gasteiger charge is -2.14. The zero-order valence-electron chi connectivity index (χ0n) is 17.3. The Balaban J connectivity index is 1.36. The third-order valence-corrected chi connectivity index (χ3v) is 4.83. The van der Waals surface area contributed by atoms with E-state index in [1.54, 1.807) is 31.6 Å². The summed E-state index contributed by atoms with van der Waals surface area (Å²) in [6.07, 6.45) is 4.85. The van der Waals surface area contributed by atoms with E-state index in [-0.39, 0.29) is 6.79 Å². The highest BCUT2D eigenvalue weighted by Crippen LogP contribution is 2.41. The summed E-state index contributed by atoms with van der Waals surface area (Å²) in [6.45, 7) is 0.911.